The maximum Gasteiger partial charge on any atom is 0.276 e. The fourth-order valence-electron chi connectivity index (χ4n) is 2.59. The highest BCUT2D eigenvalue weighted by atomic mass is 32.2. The lowest BCUT2D eigenvalue weighted by Gasteiger charge is -2.21. The van der Waals surface area contributed by atoms with Crippen LogP contribution in [0.3, 0.4) is 0 Å². The number of sulfonamides is 1. The van der Waals surface area contributed by atoms with Gasteiger partial charge >= 0.3 is 0 Å². The first kappa shape index (κ1) is 18.3. The van der Waals surface area contributed by atoms with E-state index >= 15 is 0 Å². The van der Waals surface area contributed by atoms with E-state index in [1.807, 2.05) is 0 Å². The number of amides is 1. The maximum atomic E-state index is 13.9. The molecule has 1 saturated heterocycles. The van der Waals surface area contributed by atoms with Gasteiger partial charge in [-0.1, -0.05) is 0 Å². The molecule has 1 aliphatic rings. The molecule has 132 valence electrons. The first-order valence-electron chi connectivity index (χ1n) is 7.30. The lowest BCUT2D eigenvalue weighted by Crippen LogP contribution is -2.37. The van der Waals surface area contributed by atoms with Gasteiger partial charge in [-0.2, -0.15) is 0 Å². The number of carbonyl (C=O) groups is 1. The third kappa shape index (κ3) is 3.88. The van der Waals surface area contributed by atoms with Gasteiger partial charge in [-0.05, 0) is 19.4 Å². The van der Waals surface area contributed by atoms with Crippen molar-refractivity contribution in [3.63, 3.8) is 0 Å². The Kier molecular flexibility index (Phi) is 5.19. The zero-order valence-corrected chi connectivity index (χ0v) is 14.2. The van der Waals surface area contributed by atoms with E-state index in [0.29, 0.717) is 19.5 Å². The Labute approximate surface area is 139 Å². The van der Waals surface area contributed by atoms with Crippen molar-refractivity contribution in [3.8, 4) is 0 Å². The molecule has 0 unspecified atom stereocenters. The lowest BCUT2D eigenvalue weighted by molar-refractivity contribution is -0.385. The molecule has 1 aromatic rings. The number of nitro groups is 1. The molecular weight excluding hydrogens is 341 g/mol. The molecule has 0 saturated carbocycles. The van der Waals surface area contributed by atoms with Crippen molar-refractivity contribution in [2.24, 2.45) is 0 Å². The van der Waals surface area contributed by atoms with Crippen molar-refractivity contribution < 1.29 is 22.5 Å². The van der Waals surface area contributed by atoms with E-state index in [1.165, 1.54) is 16.1 Å². The topological polar surface area (TPSA) is 101 Å². The Bertz CT molecular complexity index is 781. The average molecular weight is 359 g/mol. The summed E-state index contributed by atoms with van der Waals surface area (Å²) in [5.74, 6) is -1.37. The summed E-state index contributed by atoms with van der Waals surface area (Å²) in [5.41, 5.74) is -0.695. The molecule has 1 aromatic carbocycles. The van der Waals surface area contributed by atoms with Gasteiger partial charge in [0.2, 0.25) is 10.0 Å². The average Bonchev–Trinajstić information content (AvgIpc) is 2.74. The quantitative estimate of drug-likeness (QED) is 0.595. The predicted octanol–water partition coefficient (Wildman–Crippen LogP) is 1.15. The summed E-state index contributed by atoms with van der Waals surface area (Å²) in [6.45, 7) is 2.16. The number of nitro benzene ring substituents is 1. The predicted molar refractivity (Wildman–Crippen MR) is 84.7 cm³/mol. The van der Waals surface area contributed by atoms with Crippen LogP contribution in [-0.2, 0) is 10.0 Å². The third-order valence-electron chi connectivity index (χ3n) is 3.97. The van der Waals surface area contributed by atoms with Gasteiger partial charge in [-0.25, -0.2) is 17.1 Å². The minimum absolute atomic E-state index is 0.113. The summed E-state index contributed by atoms with van der Waals surface area (Å²) in [4.78, 5) is 24.1. The van der Waals surface area contributed by atoms with Gasteiger partial charge in [0, 0.05) is 37.8 Å². The third-order valence-corrected chi connectivity index (χ3v) is 5.27. The molecule has 0 radical (unpaired) electrons. The van der Waals surface area contributed by atoms with E-state index in [0.717, 1.165) is 18.4 Å². The molecule has 0 spiro atoms. The van der Waals surface area contributed by atoms with E-state index in [2.05, 4.69) is 0 Å². The fraction of sp³-hybridized carbons (Fsp3) is 0.500. The van der Waals surface area contributed by atoms with Crippen molar-refractivity contribution in [1.82, 2.24) is 9.21 Å². The van der Waals surface area contributed by atoms with Crippen LogP contribution in [0.25, 0.3) is 0 Å². The Morgan fingerprint density at radius 1 is 1.25 bits per heavy atom. The molecule has 10 heteroatoms. The number of nitrogens with zero attached hydrogens (tertiary/aromatic N) is 3. The lowest BCUT2D eigenvalue weighted by atomic mass is 10.1. The Balaban J connectivity index is 2.25. The van der Waals surface area contributed by atoms with Crippen LogP contribution in [0, 0.1) is 22.9 Å². The molecule has 0 aliphatic carbocycles. The molecule has 1 fully saturated rings. The number of carbonyl (C=O) groups excluding carboxylic acids is 1. The molecule has 0 atom stereocenters. The van der Waals surface area contributed by atoms with Gasteiger partial charge in [0.25, 0.3) is 11.6 Å². The van der Waals surface area contributed by atoms with Gasteiger partial charge in [0.15, 0.2) is 0 Å². The van der Waals surface area contributed by atoms with Gasteiger partial charge in [0.1, 0.15) is 5.82 Å². The van der Waals surface area contributed by atoms with Crippen molar-refractivity contribution in [1.29, 1.82) is 0 Å². The number of hydrogen-bond acceptors (Lipinski definition) is 5. The number of benzene rings is 1. The SMILES string of the molecule is Cc1c(F)cc(C(=O)N2CCCN(S(C)(=O)=O)CC2)cc1[N+](=O)[O-]. The second-order valence-electron chi connectivity index (χ2n) is 5.67. The van der Waals surface area contributed by atoms with E-state index in [-0.39, 0.29) is 24.2 Å². The van der Waals surface area contributed by atoms with Crippen molar-refractivity contribution in [3.05, 3.63) is 39.2 Å². The molecular formula is C14H18FN3O5S. The first-order chi connectivity index (χ1) is 11.1. The highest BCUT2D eigenvalue weighted by Crippen LogP contribution is 2.24. The Hall–Kier alpha value is -2.07. The number of hydrogen-bond donors (Lipinski definition) is 0. The number of halogens is 1. The van der Waals surface area contributed by atoms with Crippen LogP contribution >= 0.6 is 0 Å². The summed E-state index contributed by atoms with van der Waals surface area (Å²) in [5, 5.41) is 11.0. The molecule has 0 N–H and O–H groups in total. The summed E-state index contributed by atoms with van der Waals surface area (Å²) in [6.07, 6.45) is 1.54. The minimum atomic E-state index is -3.35. The van der Waals surface area contributed by atoms with E-state index in [4.69, 9.17) is 0 Å². The largest absolute Gasteiger partial charge is 0.337 e. The van der Waals surface area contributed by atoms with Gasteiger partial charge in [0.05, 0.1) is 16.7 Å². The van der Waals surface area contributed by atoms with Crippen LogP contribution in [0.1, 0.15) is 22.3 Å². The molecule has 2 rings (SSSR count). The summed E-state index contributed by atoms with van der Waals surface area (Å²) in [7, 11) is -3.35. The van der Waals surface area contributed by atoms with Crippen molar-refractivity contribution in [2.45, 2.75) is 13.3 Å². The zero-order chi connectivity index (χ0) is 18.1. The van der Waals surface area contributed by atoms with Crippen LogP contribution < -0.4 is 0 Å². The van der Waals surface area contributed by atoms with Gasteiger partial charge in [-0.15, -0.1) is 0 Å². The molecule has 1 aliphatic heterocycles. The van der Waals surface area contributed by atoms with Crippen LogP contribution in [0.15, 0.2) is 12.1 Å². The van der Waals surface area contributed by atoms with Crippen LogP contribution in [-0.4, -0.2) is 60.9 Å². The fourth-order valence-corrected chi connectivity index (χ4v) is 3.46. The molecule has 1 amide bonds. The van der Waals surface area contributed by atoms with E-state index in [1.54, 1.807) is 0 Å². The van der Waals surface area contributed by atoms with Crippen LogP contribution in [0.5, 0.6) is 0 Å². The second-order valence-corrected chi connectivity index (χ2v) is 7.65. The smallest absolute Gasteiger partial charge is 0.276 e. The molecule has 0 aromatic heterocycles. The molecule has 1 heterocycles. The molecule has 24 heavy (non-hydrogen) atoms. The second kappa shape index (κ2) is 6.81. The monoisotopic (exact) mass is 359 g/mol. The summed E-state index contributed by atoms with van der Waals surface area (Å²) in [6, 6.07) is 2.03. The highest BCUT2D eigenvalue weighted by molar-refractivity contribution is 7.88. The standard InChI is InChI=1S/C14H18FN3O5S/c1-10-12(15)8-11(9-13(10)18(20)21)14(19)16-4-3-5-17(7-6-16)24(2,22)23/h8-9H,3-7H2,1-2H3. The van der Waals surface area contributed by atoms with Crippen molar-refractivity contribution in [2.75, 3.05) is 32.4 Å². The normalized spacial score (nSPS) is 16.7. The molecule has 0 bridgehead atoms. The van der Waals surface area contributed by atoms with E-state index in [9.17, 15) is 27.7 Å². The highest BCUT2D eigenvalue weighted by Gasteiger charge is 2.26. The zero-order valence-electron chi connectivity index (χ0n) is 13.4. The summed E-state index contributed by atoms with van der Waals surface area (Å²) < 4.78 is 38.3. The maximum absolute atomic E-state index is 13.9. The Morgan fingerprint density at radius 3 is 2.50 bits per heavy atom. The number of rotatable bonds is 3. The van der Waals surface area contributed by atoms with Gasteiger partial charge < -0.3 is 4.90 Å². The first-order valence-corrected chi connectivity index (χ1v) is 9.15. The van der Waals surface area contributed by atoms with Gasteiger partial charge in [-0.3, -0.25) is 14.9 Å². The minimum Gasteiger partial charge on any atom is -0.337 e. The van der Waals surface area contributed by atoms with Crippen LogP contribution in [0.2, 0.25) is 0 Å². The van der Waals surface area contributed by atoms with Crippen molar-refractivity contribution >= 4 is 21.6 Å². The summed E-state index contributed by atoms with van der Waals surface area (Å²) >= 11 is 0. The van der Waals surface area contributed by atoms with Crippen LogP contribution in [0.4, 0.5) is 10.1 Å². The molecule has 8 nitrogen and oxygen atoms in total. The Morgan fingerprint density at radius 2 is 1.92 bits per heavy atom. The van der Waals surface area contributed by atoms with E-state index < -0.39 is 32.4 Å².